The number of hydrazine groups is 1. The number of hydrogen-bond acceptors (Lipinski definition) is 4. The van der Waals surface area contributed by atoms with Crippen molar-refractivity contribution in [2.24, 2.45) is 10.9 Å². The van der Waals surface area contributed by atoms with Crippen LogP contribution in [0.4, 0.5) is 0 Å². The second-order valence-electron chi connectivity index (χ2n) is 3.18. The summed E-state index contributed by atoms with van der Waals surface area (Å²) in [6.45, 7) is 1.38. The zero-order valence-corrected chi connectivity index (χ0v) is 8.35. The highest BCUT2D eigenvalue weighted by atomic mass is 35.5. The third kappa shape index (κ3) is 2.16. The molecule has 1 aliphatic heterocycles. The Balaban J connectivity index is 1.98. The van der Waals surface area contributed by atoms with Gasteiger partial charge in [0.1, 0.15) is 13.0 Å². The summed E-state index contributed by atoms with van der Waals surface area (Å²) in [6.07, 6.45) is 1.61. The van der Waals surface area contributed by atoms with Crippen molar-refractivity contribution >= 4 is 17.9 Å². The molecular formula is C9H11ClN4. The molecule has 0 atom stereocenters. The zero-order valence-electron chi connectivity index (χ0n) is 7.60. The largest absolute Gasteiger partial charge is 0.278 e. The average Bonchev–Trinajstić information content (AvgIpc) is 2.56. The molecule has 0 aromatic heterocycles. The van der Waals surface area contributed by atoms with Crippen molar-refractivity contribution < 1.29 is 0 Å². The summed E-state index contributed by atoms with van der Waals surface area (Å²) in [5, 5.41) is 8.28. The van der Waals surface area contributed by atoms with Crippen LogP contribution in [0.25, 0.3) is 0 Å². The molecule has 0 bridgehead atoms. The van der Waals surface area contributed by atoms with Gasteiger partial charge in [-0.2, -0.15) is 5.10 Å². The first-order valence-electron chi connectivity index (χ1n) is 4.29. The number of nitrogens with zero attached hydrogens (tertiary/aromatic N) is 3. The van der Waals surface area contributed by atoms with Gasteiger partial charge in [0.25, 0.3) is 0 Å². The van der Waals surface area contributed by atoms with Gasteiger partial charge < -0.3 is 0 Å². The Morgan fingerprint density at radius 3 is 2.64 bits per heavy atom. The van der Waals surface area contributed by atoms with Crippen LogP contribution in [-0.4, -0.2) is 23.0 Å². The fourth-order valence-corrected chi connectivity index (χ4v) is 1.42. The van der Waals surface area contributed by atoms with Crippen LogP contribution in [0.5, 0.6) is 0 Å². The van der Waals surface area contributed by atoms with E-state index in [0.29, 0.717) is 6.67 Å². The standard InChI is InChI=1S/C9H11ClN4/c10-9-3-1-8(2-4-9)5-14-7-13(11)6-12-14/h1-4,6H,5,7,11H2. The van der Waals surface area contributed by atoms with Crippen LogP contribution in [0.1, 0.15) is 5.56 Å². The highest BCUT2D eigenvalue weighted by Crippen LogP contribution is 2.12. The molecular weight excluding hydrogens is 200 g/mol. The quantitative estimate of drug-likeness (QED) is 0.747. The van der Waals surface area contributed by atoms with Crippen molar-refractivity contribution in [3.63, 3.8) is 0 Å². The van der Waals surface area contributed by atoms with Gasteiger partial charge in [-0.1, -0.05) is 23.7 Å². The first-order valence-corrected chi connectivity index (χ1v) is 4.67. The lowest BCUT2D eigenvalue weighted by Gasteiger charge is -2.15. The molecule has 74 valence electrons. The van der Waals surface area contributed by atoms with E-state index in [0.717, 1.165) is 11.6 Å². The number of benzene rings is 1. The first kappa shape index (κ1) is 9.30. The van der Waals surface area contributed by atoms with Crippen LogP contribution < -0.4 is 5.84 Å². The molecule has 0 fully saturated rings. The van der Waals surface area contributed by atoms with Crippen LogP contribution in [0.15, 0.2) is 29.4 Å². The molecule has 14 heavy (non-hydrogen) atoms. The summed E-state index contributed by atoms with van der Waals surface area (Å²) in [5.41, 5.74) is 1.17. The van der Waals surface area contributed by atoms with E-state index in [1.54, 1.807) is 6.34 Å². The molecule has 0 amide bonds. The average molecular weight is 211 g/mol. The molecule has 4 nitrogen and oxygen atoms in total. The van der Waals surface area contributed by atoms with Crippen molar-refractivity contribution in [3.05, 3.63) is 34.9 Å². The van der Waals surface area contributed by atoms with Gasteiger partial charge in [-0.15, -0.1) is 0 Å². The molecule has 0 spiro atoms. The Morgan fingerprint density at radius 1 is 1.36 bits per heavy atom. The predicted molar refractivity (Wildman–Crippen MR) is 56.4 cm³/mol. The molecule has 0 saturated heterocycles. The molecule has 0 saturated carbocycles. The second kappa shape index (κ2) is 3.86. The van der Waals surface area contributed by atoms with E-state index in [-0.39, 0.29) is 0 Å². The fourth-order valence-electron chi connectivity index (χ4n) is 1.29. The maximum atomic E-state index is 5.78. The lowest BCUT2D eigenvalue weighted by molar-refractivity contribution is 0.230. The van der Waals surface area contributed by atoms with Gasteiger partial charge in [-0.25, -0.2) is 5.84 Å². The van der Waals surface area contributed by atoms with E-state index >= 15 is 0 Å². The maximum absolute atomic E-state index is 5.78. The highest BCUT2D eigenvalue weighted by molar-refractivity contribution is 6.30. The van der Waals surface area contributed by atoms with Crippen LogP contribution in [0.2, 0.25) is 5.02 Å². The third-order valence-electron chi connectivity index (χ3n) is 1.97. The molecule has 5 heteroatoms. The van der Waals surface area contributed by atoms with E-state index in [4.69, 9.17) is 17.4 Å². The lowest BCUT2D eigenvalue weighted by Crippen LogP contribution is -2.31. The van der Waals surface area contributed by atoms with Crippen LogP contribution in [-0.2, 0) is 6.54 Å². The molecule has 2 N–H and O–H groups in total. The van der Waals surface area contributed by atoms with E-state index in [1.807, 2.05) is 29.3 Å². The molecule has 0 aliphatic carbocycles. The molecule has 0 unspecified atom stereocenters. The predicted octanol–water partition coefficient (Wildman–Crippen LogP) is 1.23. The SMILES string of the molecule is NN1C=NN(Cc2ccc(Cl)cc2)C1. The Hall–Kier alpha value is -1.26. The molecule has 1 heterocycles. The van der Waals surface area contributed by atoms with Gasteiger partial charge in [0, 0.05) is 5.02 Å². The van der Waals surface area contributed by atoms with Gasteiger partial charge in [-0.3, -0.25) is 10.0 Å². The summed E-state index contributed by atoms with van der Waals surface area (Å²) >= 11 is 5.78. The van der Waals surface area contributed by atoms with Crippen molar-refractivity contribution in [1.29, 1.82) is 0 Å². The van der Waals surface area contributed by atoms with Crippen molar-refractivity contribution in [2.75, 3.05) is 6.67 Å². The van der Waals surface area contributed by atoms with E-state index in [2.05, 4.69) is 5.10 Å². The Kier molecular flexibility index (Phi) is 2.56. The number of rotatable bonds is 2. The van der Waals surface area contributed by atoms with Crippen molar-refractivity contribution in [3.8, 4) is 0 Å². The summed E-state index contributed by atoms with van der Waals surface area (Å²) in [4.78, 5) is 0. The molecule has 2 rings (SSSR count). The van der Waals surface area contributed by atoms with Crippen molar-refractivity contribution in [2.45, 2.75) is 6.54 Å². The molecule has 1 aromatic rings. The zero-order chi connectivity index (χ0) is 9.97. The van der Waals surface area contributed by atoms with Gasteiger partial charge in [0.2, 0.25) is 0 Å². The normalized spacial score (nSPS) is 15.3. The van der Waals surface area contributed by atoms with Gasteiger partial charge in [0.05, 0.1) is 6.54 Å². The van der Waals surface area contributed by atoms with E-state index in [9.17, 15) is 0 Å². The molecule has 1 aliphatic rings. The van der Waals surface area contributed by atoms with Crippen LogP contribution >= 0.6 is 11.6 Å². The van der Waals surface area contributed by atoms with Crippen LogP contribution in [0, 0.1) is 0 Å². The number of nitrogens with two attached hydrogens (primary N) is 1. The van der Waals surface area contributed by atoms with E-state index in [1.165, 1.54) is 10.6 Å². The summed E-state index contributed by atoms with van der Waals surface area (Å²) in [6, 6.07) is 7.71. The minimum absolute atomic E-state index is 0.628. The minimum Gasteiger partial charge on any atom is -0.278 e. The topological polar surface area (TPSA) is 44.9 Å². The smallest absolute Gasteiger partial charge is 0.127 e. The Bertz CT molecular complexity index is 335. The fraction of sp³-hybridized carbons (Fsp3) is 0.222. The molecule has 1 aromatic carbocycles. The van der Waals surface area contributed by atoms with E-state index < -0.39 is 0 Å². The summed E-state index contributed by atoms with van der Waals surface area (Å²) < 4.78 is 0. The van der Waals surface area contributed by atoms with Gasteiger partial charge >= 0.3 is 0 Å². The number of hydrazone groups is 1. The lowest BCUT2D eigenvalue weighted by atomic mass is 10.2. The minimum atomic E-state index is 0.628. The third-order valence-corrected chi connectivity index (χ3v) is 2.22. The Morgan fingerprint density at radius 2 is 2.07 bits per heavy atom. The monoisotopic (exact) mass is 210 g/mol. The van der Waals surface area contributed by atoms with Crippen LogP contribution in [0.3, 0.4) is 0 Å². The van der Waals surface area contributed by atoms with Crippen molar-refractivity contribution in [1.82, 2.24) is 10.0 Å². The van der Waals surface area contributed by atoms with Gasteiger partial charge in [0.15, 0.2) is 0 Å². The number of halogens is 1. The first-order chi connectivity index (χ1) is 6.74. The maximum Gasteiger partial charge on any atom is 0.127 e. The summed E-state index contributed by atoms with van der Waals surface area (Å²) in [5.74, 6) is 5.52. The summed E-state index contributed by atoms with van der Waals surface area (Å²) in [7, 11) is 0. The number of hydrogen-bond donors (Lipinski definition) is 1. The molecule has 0 radical (unpaired) electrons. The second-order valence-corrected chi connectivity index (χ2v) is 3.61. The highest BCUT2D eigenvalue weighted by Gasteiger charge is 2.10. The Labute approximate surface area is 87.5 Å². The van der Waals surface area contributed by atoms with Gasteiger partial charge in [-0.05, 0) is 17.7 Å².